The van der Waals surface area contributed by atoms with E-state index in [4.69, 9.17) is 9.72 Å². The summed E-state index contributed by atoms with van der Waals surface area (Å²) in [6.07, 6.45) is 3.83. The molecule has 8 nitrogen and oxygen atoms in total. The van der Waals surface area contributed by atoms with Gasteiger partial charge in [0.15, 0.2) is 5.65 Å². The first-order chi connectivity index (χ1) is 13.6. The number of piperidine rings is 1. The van der Waals surface area contributed by atoms with Gasteiger partial charge in [0, 0.05) is 44.4 Å². The Labute approximate surface area is 161 Å². The van der Waals surface area contributed by atoms with Crippen LogP contribution in [-0.2, 0) is 7.05 Å². The van der Waals surface area contributed by atoms with Crippen LogP contribution >= 0.6 is 0 Å². The van der Waals surface area contributed by atoms with E-state index < -0.39 is 0 Å². The second kappa shape index (κ2) is 6.40. The van der Waals surface area contributed by atoms with Crippen molar-refractivity contribution in [2.45, 2.75) is 25.9 Å². The minimum atomic E-state index is -0.0963. The quantitative estimate of drug-likeness (QED) is 0.571. The van der Waals surface area contributed by atoms with Gasteiger partial charge in [-0.15, -0.1) is 0 Å². The number of rotatable bonds is 3. The number of hydrogen-bond donors (Lipinski definition) is 2. The molecule has 4 aromatic rings. The average molecular weight is 378 g/mol. The molecule has 0 atom stereocenters. The smallest absolute Gasteiger partial charge is 0.273 e. The highest BCUT2D eigenvalue weighted by Gasteiger charge is 2.23. The summed E-state index contributed by atoms with van der Waals surface area (Å²) < 4.78 is 7.88. The van der Waals surface area contributed by atoms with Crippen molar-refractivity contribution >= 4 is 27.8 Å². The predicted octanol–water partition coefficient (Wildman–Crippen LogP) is 2.49. The molecule has 0 amide bonds. The maximum Gasteiger partial charge on any atom is 0.273 e. The van der Waals surface area contributed by atoms with Crippen LogP contribution in [0.3, 0.4) is 0 Å². The zero-order valence-electron chi connectivity index (χ0n) is 15.9. The highest BCUT2D eigenvalue weighted by Crippen LogP contribution is 2.27. The molecule has 2 N–H and O–H groups in total. The largest absolute Gasteiger partial charge is 0.490 e. The van der Waals surface area contributed by atoms with Crippen LogP contribution in [0.5, 0.6) is 5.75 Å². The van der Waals surface area contributed by atoms with Crippen molar-refractivity contribution in [2.24, 2.45) is 7.05 Å². The van der Waals surface area contributed by atoms with E-state index >= 15 is 0 Å². The summed E-state index contributed by atoms with van der Waals surface area (Å²) >= 11 is 0. The van der Waals surface area contributed by atoms with Crippen molar-refractivity contribution in [3.05, 3.63) is 46.4 Å². The first kappa shape index (κ1) is 16.9. The highest BCUT2D eigenvalue weighted by atomic mass is 16.5. The lowest BCUT2D eigenvalue weighted by Crippen LogP contribution is -2.39. The Morgan fingerprint density at radius 1 is 1.21 bits per heavy atom. The van der Waals surface area contributed by atoms with Crippen molar-refractivity contribution < 1.29 is 4.74 Å². The normalized spacial score (nSPS) is 15.6. The second-order valence-electron chi connectivity index (χ2n) is 7.42. The van der Waals surface area contributed by atoms with Crippen molar-refractivity contribution in [1.29, 1.82) is 0 Å². The Kier molecular flexibility index (Phi) is 3.85. The number of aromatic amines is 2. The summed E-state index contributed by atoms with van der Waals surface area (Å²) in [5, 5.41) is 11.5. The number of aryl methyl sites for hydroxylation is 2. The van der Waals surface area contributed by atoms with Crippen LogP contribution in [0, 0.1) is 6.92 Å². The standard InChI is InChI=1S/C20H22N6O2/c1-12-9-16-19(25(2)24-20(16)27)22-18(12)26-7-5-14(6-8-26)28-15-4-3-13-11-21-23-17(13)10-15/h3-4,9-11,14H,5-8H2,1-2H3,(H,21,23)(H,24,27). The monoisotopic (exact) mass is 378 g/mol. The number of nitrogens with zero attached hydrogens (tertiary/aromatic N) is 4. The molecule has 0 unspecified atom stereocenters. The Morgan fingerprint density at radius 2 is 2.04 bits per heavy atom. The fraction of sp³-hybridized carbons (Fsp3) is 0.350. The lowest BCUT2D eigenvalue weighted by atomic mass is 10.1. The molecule has 1 aliphatic heterocycles. The van der Waals surface area contributed by atoms with Gasteiger partial charge in [-0.1, -0.05) is 0 Å². The molecule has 1 fully saturated rings. The van der Waals surface area contributed by atoms with Crippen LogP contribution < -0.4 is 15.2 Å². The third-order valence-electron chi connectivity index (χ3n) is 5.46. The molecule has 0 bridgehead atoms. The first-order valence-corrected chi connectivity index (χ1v) is 9.49. The summed E-state index contributed by atoms with van der Waals surface area (Å²) in [5.74, 6) is 1.81. The maximum atomic E-state index is 12.0. The number of H-pyrrole nitrogens is 2. The molecule has 0 radical (unpaired) electrons. The molecule has 1 saturated heterocycles. The van der Waals surface area contributed by atoms with E-state index in [2.05, 4.69) is 20.2 Å². The van der Waals surface area contributed by atoms with Crippen LogP contribution in [0.4, 0.5) is 5.82 Å². The van der Waals surface area contributed by atoms with Gasteiger partial charge in [-0.25, -0.2) is 4.98 Å². The molecule has 0 aliphatic carbocycles. The van der Waals surface area contributed by atoms with E-state index in [1.807, 2.05) is 44.4 Å². The van der Waals surface area contributed by atoms with Gasteiger partial charge in [0.05, 0.1) is 17.1 Å². The van der Waals surface area contributed by atoms with Gasteiger partial charge in [0.1, 0.15) is 17.7 Å². The number of anilines is 1. The first-order valence-electron chi connectivity index (χ1n) is 9.49. The fourth-order valence-corrected chi connectivity index (χ4v) is 3.97. The molecule has 144 valence electrons. The zero-order valence-corrected chi connectivity index (χ0v) is 15.9. The lowest BCUT2D eigenvalue weighted by molar-refractivity contribution is 0.171. The van der Waals surface area contributed by atoms with E-state index in [-0.39, 0.29) is 11.7 Å². The Hall–Kier alpha value is -3.29. The minimum Gasteiger partial charge on any atom is -0.490 e. The second-order valence-corrected chi connectivity index (χ2v) is 7.42. The molecule has 0 spiro atoms. The summed E-state index contributed by atoms with van der Waals surface area (Å²) in [6, 6.07) is 7.95. The number of hydrogen-bond acceptors (Lipinski definition) is 5. The highest BCUT2D eigenvalue weighted by molar-refractivity contribution is 5.79. The molecule has 0 saturated carbocycles. The van der Waals surface area contributed by atoms with Crippen molar-refractivity contribution in [3.63, 3.8) is 0 Å². The van der Waals surface area contributed by atoms with Crippen LogP contribution in [0.2, 0.25) is 0 Å². The maximum absolute atomic E-state index is 12.0. The molecule has 1 aliphatic rings. The van der Waals surface area contributed by atoms with Gasteiger partial charge in [-0.2, -0.15) is 5.10 Å². The number of aromatic nitrogens is 5. The molecule has 5 rings (SSSR count). The third kappa shape index (κ3) is 2.81. The Morgan fingerprint density at radius 3 is 2.86 bits per heavy atom. The van der Waals surface area contributed by atoms with Crippen LogP contribution in [0.25, 0.3) is 21.9 Å². The van der Waals surface area contributed by atoms with Gasteiger partial charge in [0.25, 0.3) is 5.56 Å². The number of benzene rings is 1. The van der Waals surface area contributed by atoms with Crippen LogP contribution in [-0.4, -0.2) is 44.2 Å². The summed E-state index contributed by atoms with van der Waals surface area (Å²) in [4.78, 5) is 19.0. The molecule has 1 aromatic carbocycles. The van der Waals surface area contributed by atoms with E-state index in [1.165, 1.54) is 0 Å². The van der Waals surface area contributed by atoms with E-state index in [9.17, 15) is 4.79 Å². The molecular formula is C20H22N6O2. The molecular weight excluding hydrogens is 356 g/mol. The van der Waals surface area contributed by atoms with Crippen LogP contribution in [0.1, 0.15) is 18.4 Å². The van der Waals surface area contributed by atoms with Crippen molar-refractivity contribution in [3.8, 4) is 5.75 Å². The van der Waals surface area contributed by atoms with Crippen LogP contribution in [0.15, 0.2) is 35.3 Å². The topological polar surface area (TPSA) is 91.8 Å². The number of ether oxygens (including phenoxy) is 1. The van der Waals surface area contributed by atoms with Gasteiger partial charge >= 0.3 is 0 Å². The lowest BCUT2D eigenvalue weighted by Gasteiger charge is -2.33. The molecule has 8 heteroatoms. The zero-order chi connectivity index (χ0) is 19.3. The minimum absolute atomic E-state index is 0.0963. The van der Waals surface area contributed by atoms with Gasteiger partial charge in [-0.3, -0.25) is 19.7 Å². The Bertz CT molecular complexity index is 1210. The SMILES string of the molecule is Cc1cc2c(=O)[nH]n(C)c2nc1N1CCC(Oc2ccc3cn[nH]c3c2)CC1. The molecule has 4 heterocycles. The van der Waals surface area contributed by atoms with E-state index in [0.29, 0.717) is 11.0 Å². The van der Waals surface area contributed by atoms with E-state index in [0.717, 1.165) is 54.0 Å². The summed E-state index contributed by atoms with van der Waals surface area (Å²) in [6.45, 7) is 3.75. The number of pyridine rings is 1. The Balaban J connectivity index is 1.31. The van der Waals surface area contributed by atoms with Gasteiger partial charge in [0.2, 0.25) is 0 Å². The summed E-state index contributed by atoms with van der Waals surface area (Å²) in [5.41, 5.74) is 2.60. The fourth-order valence-electron chi connectivity index (χ4n) is 3.97. The van der Waals surface area contributed by atoms with Gasteiger partial charge in [-0.05, 0) is 30.7 Å². The number of nitrogens with one attached hydrogen (secondary N) is 2. The average Bonchev–Trinajstić information content (AvgIpc) is 3.26. The summed E-state index contributed by atoms with van der Waals surface area (Å²) in [7, 11) is 1.81. The van der Waals surface area contributed by atoms with E-state index in [1.54, 1.807) is 4.68 Å². The third-order valence-corrected chi connectivity index (χ3v) is 5.46. The van der Waals surface area contributed by atoms with Crippen molar-refractivity contribution in [1.82, 2.24) is 25.0 Å². The van der Waals surface area contributed by atoms with Crippen molar-refractivity contribution in [2.75, 3.05) is 18.0 Å². The molecule has 3 aromatic heterocycles. The molecule has 28 heavy (non-hydrogen) atoms. The van der Waals surface area contributed by atoms with Gasteiger partial charge < -0.3 is 9.64 Å². The predicted molar refractivity (Wildman–Crippen MR) is 108 cm³/mol. The number of fused-ring (bicyclic) bond motifs is 2.